The minimum atomic E-state index is -0.192. The van der Waals surface area contributed by atoms with Crippen LogP contribution in [0.2, 0.25) is 0 Å². The number of pyridine rings is 1. The van der Waals surface area contributed by atoms with Crippen molar-refractivity contribution >= 4 is 5.91 Å². The first kappa shape index (κ1) is 15.3. The number of rotatable bonds is 3. The first-order valence-corrected chi connectivity index (χ1v) is 8.07. The minimum absolute atomic E-state index is 0.0841. The molecular formula is C18H17N5O2. The lowest BCUT2D eigenvalue weighted by Crippen LogP contribution is -2.38. The standard InChI is InChI=1S/C18H17N5O2/c24-18(14-6-8-20-21-10-14)23-11-15-4-3-9-22(15)12-16(13-23)25-17-5-1-2-7-19-17/h1-10,16H,11-13H2/t16-/m1/s1. The van der Waals surface area contributed by atoms with E-state index in [-0.39, 0.29) is 12.0 Å². The van der Waals surface area contributed by atoms with Gasteiger partial charge in [-0.1, -0.05) is 6.07 Å². The molecule has 0 saturated heterocycles. The minimum Gasteiger partial charge on any atom is -0.471 e. The van der Waals surface area contributed by atoms with E-state index in [1.807, 2.05) is 36.5 Å². The summed E-state index contributed by atoms with van der Waals surface area (Å²) in [6.45, 7) is 1.66. The van der Waals surface area contributed by atoms with Gasteiger partial charge in [-0.15, -0.1) is 0 Å². The number of ether oxygens (including phenoxy) is 1. The van der Waals surface area contributed by atoms with Crippen LogP contribution in [0.3, 0.4) is 0 Å². The zero-order valence-corrected chi connectivity index (χ0v) is 13.5. The summed E-state index contributed by atoms with van der Waals surface area (Å²) in [5.74, 6) is 0.472. The van der Waals surface area contributed by atoms with Gasteiger partial charge >= 0.3 is 0 Å². The van der Waals surface area contributed by atoms with Gasteiger partial charge in [-0.05, 0) is 24.3 Å². The molecule has 4 heterocycles. The van der Waals surface area contributed by atoms with Crippen LogP contribution in [0.5, 0.6) is 5.88 Å². The van der Waals surface area contributed by atoms with Gasteiger partial charge in [-0.3, -0.25) is 4.79 Å². The van der Waals surface area contributed by atoms with Crippen molar-refractivity contribution in [3.05, 3.63) is 72.4 Å². The summed E-state index contributed by atoms with van der Waals surface area (Å²) in [7, 11) is 0. The molecule has 0 saturated carbocycles. The Labute approximate surface area is 144 Å². The Morgan fingerprint density at radius 2 is 2.04 bits per heavy atom. The molecule has 126 valence electrons. The van der Waals surface area contributed by atoms with Crippen molar-refractivity contribution in [3.63, 3.8) is 0 Å². The van der Waals surface area contributed by atoms with Crippen molar-refractivity contribution in [2.75, 3.05) is 6.54 Å². The normalized spacial score (nSPS) is 16.8. The molecule has 7 nitrogen and oxygen atoms in total. The lowest BCUT2D eigenvalue weighted by molar-refractivity contribution is 0.0645. The van der Waals surface area contributed by atoms with Crippen molar-refractivity contribution in [1.29, 1.82) is 0 Å². The average molecular weight is 335 g/mol. The van der Waals surface area contributed by atoms with Crippen LogP contribution in [0.4, 0.5) is 0 Å². The fourth-order valence-corrected chi connectivity index (χ4v) is 2.97. The fraction of sp³-hybridized carbons (Fsp3) is 0.222. The van der Waals surface area contributed by atoms with Crippen molar-refractivity contribution in [2.45, 2.75) is 19.2 Å². The number of fused-ring (bicyclic) bond motifs is 1. The van der Waals surface area contributed by atoms with E-state index in [0.29, 0.717) is 31.1 Å². The molecule has 1 aliphatic rings. The van der Waals surface area contributed by atoms with Gasteiger partial charge in [-0.2, -0.15) is 10.2 Å². The molecule has 0 aliphatic carbocycles. The molecule has 0 spiro atoms. The maximum Gasteiger partial charge on any atom is 0.256 e. The van der Waals surface area contributed by atoms with Crippen LogP contribution in [-0.2, 0) is 13.1 Å². The average Bonchev–Trinajstić information content (AvgIpc) is 3.01. The van der Waals surface area contributed by atoms with Crippen LogP contribution in [-0.4, -0.2) is 43.2 Å². The summed E-state index contributed by atoms with van der Waals surface area (Å²) >= 11 is 0. The SMILES string of the molecule is O=C(c1ccnnc1)N1Cc2cccn2C[C@@H](Oc2ccccn2)C1. The van der Waals surface area contributed by atoms with Gasteiger partial charge in [0.2, 0.25) is 5.88 Å². The van der Waals surface area contributed by atoms with Crippen LogP contribution >= 0.6 is 0 Å². The number of aromatic nitrogens is 4. The van der Waals surface area contributed by atoms with E-state index in [9.17, 15) is 4.79 Å². The van der Waals surface area contributed by atoms with Gasteiger partial charge in [-0.25, -0.2) is 4.98 Å². The second-order valence-electron chi connectivity index (χ2n) is 5.88. The molecule has 1 atom stereocenters. The van der Waals surface area contributed by atoms with E-state index in [1.54, 1.807) is 17.2 Å². The highest BCUT2D eigenvalue weighted by Gasteiger charge is 2.27. The topological polar surface area (TPSA) is 73.1 Å². The molecule has 0 unspecified atom stereocenters. The first-order valence-electron chi connectivity index (χ1n) is 8.07. The van der Waals surface area contributed by atoms with Crippen molar-refractivity contribution in [1.82, 2.24) is 24.6 Å². The van der Waals surface area contributed by atoms with Crippen molar-refractivity contribution < 1.29 is 9.53 Å². The van der Waals surface area contributed by atoms with Crippen LogP contribution in [0.1, 0.15) is 16.1 Å². The predicted octanol–water partition coefficient (Wildman–Crippen LogP) is 1.78. The van der Waals surface area contributed by atoms with E-state index in [0.717, 1.165) is 5.69 Å². The summed E-state index contributed by atoms with van der Waals surface area (Å²) in [5.41, 5.74) is 1.59. The molecule has 0 N–H and O–H groups in total. The number of carbonyl (C=O) groups excluding carboxylic acids is 1. The summed E-state index contributed by atoms with van der Waals surface area (Å²) in [5, 5.41) is 7.53. The summed E-state index contributed by atoms with van der Waals surface area (Å²) in [4.78, 5) is 18.9. The maximum atomic E-state index is 12.9. The Kier molecular flexibility index (Phi) is 4.12. The molecule has 7 heteroatoms. The maximum absolute atomic E-state index is 12.9. The van der Waals surface area contributed by atoms with Gasteiger partial charge in [0, 0.05) is 24.2 Å². The Balaban J connectivity index is 1.60. The number of hydrogen-bond donors (Lipinski definition) is 0. The Morgan fingerprint density at radius 1 is 1.08 bits per heavy atom. The third kappa shape index (κ3) is 3.35. The zero-order chi connectivity index (χ0) is 17.1. The molecule has 3 aromatic heterocycles. The van der Waals surface area contributed by atoms with Gasteiger partial charge in [0.25, 0.3) is 5.91 Å². The third-order valence-corrected chi connectivity index (χ3v) is 4.14. The van der Waals surface area contributed by atoms with Crippen LogP contribution in [0, 0.1) is 0 Å². The van der Waals surface area contributed by atoms with Gasteiger partial charge < -0.3 is 14.2 Å². The lowest BCUT2D eigenvalue weighted by atomic mass is 10.2. The van der Waals surface area contributed by atoms with Crippen molar-refractivity contribution in [3.8, 4) is 5.88 Å². The Bertz CT molecular complexity index is 850. The highest BCUT2D eigenvalue weighted by molar-refractivity contribution is 5.93. The fourth-order valence-electron chi connectivity index (χ4n) is 2.97. The van der Waals surface area contributed by atoms with Gasteiger partial charge in [0.1, 0.15) is 6.10 Å². The zero-order valence-electron chi connectivity index (χ0n) is 13.5. The molecule has 1 aliphatic heterocycles. The van der Waals surface area contributed by atoms with Crippen LogP contribution in [0.25, 0.3) is 0 Å². The molecule has 4 rings (SSSR count). The molecule has 0 fully saturated rings. The van der Waals surface area contributed by atoms with Gasteiger partial charge in [0.05, 0.1) is 37.6 Å². The number of nitrogens with zero attached hydrogens (tertiary/aromatic N) is 5. The van der Waals surface area contributed by atoms with E-state index >= 15 is 0 Å². The molecule has 0 bridgehead atoms. The monoisotopic (exact) mass is 335 g/mol. The summed E-state index contributed by atoms with van der Waals surface area (Å²) < 4.78 is 8.14. The Hall–Kier alpha value is -3.22. The summed E-state index contributed by atoms with van der Waals surface area (Å²) in [6, 6.07) is 11.2. The molecule has 1 amide bonds. The molecular weight excluding hydrogens is 318 g/mol. The summed E-state index contributed by atoms with van der Waals surface area (Å²) in [6.07, 6.45) is 6.52. The predicted molar refractivity (Wildman–Crippen MR) is 89.9 cm³/mol. The lowest BCUT2D eigenvalue weighted by Gasteiger charge is -2.24. The van der Waals surface area contributed by atoms with E-state index in [4.69, 9.17) is 4.74 Å². The highest BCUT2D eigenvalue weighted by atomic mass is 16.5. The number of hydrogen-bond acceptors (Lipinski definition) is 5. The first-order chi connectivity index (χ1) is 12.3. The molecule has 0 aromatic carbocycles. The molecule has 3 aromatic rings. The number of carbonyl (C=O) groups is 1. The third-order valence-electron chi connectivity index (χ3n) is 4.14. The van der Waals surface area contributed by atoms with E-state index < -0.39 is 0 Å². The van der Waals surface area contributed by atoms with Gasteiger partial charge in [0.15, 0.2) is 0 Å². The largest absolute Gasteiger partial charge is 0.471 e. The highest BCUT2D eigenvalue weighted by Crippen LogP contribution is 2.19. The second-order valence-corrected chi connectivity index (χ2v) is 5.88. The second kappa shape index (κ2) is 6.72. The Morgan fingerprint density at radius 3 is 2.84 bits per heavy atom. The number of amides is 1. The van der Waals surface area contributed by atoms with Crippen molar-refractivity contribution in [2.24, 2.45) is 0 Å². The molecule has 0 radical (unpaired) electrons. The van der Waals surface area contributed by atoms with E-state index in [1.165, 1.54) is 12.4 Å². The van der Waals surface area contributed by atoms with E-state index in [2.05, 4.69) is 19.7 Å². The molecule has 25 heavy (non-hydrogen) atoms. The van der Waals surface area contributed by atoms with Crippen LogP contribution in [0.15, 0.2) is 61.2 Å². The van der Waals surface area contributed by atoms with Crippen LogP contribution < -0.4 is 4.74 Å². The smallest absolute Gasteiger partial charge is 0.256 e. The quantitative estimate of drug-likeness (QED) is 0.729.